The Balaban J connectivity index is 2.12. The number of hydrogen-bond donors (Lipinski definition) is 1. The van der Waals surface area contributed by atoms with Gasteiger partial charge in [-0.25, -0.2) is 8.42 Å². The third-order valence-corrected chi connectivity index (χ3v) is 9.38. The molecule has 0 spiro atoms. The van der Waals surface area contributed by atoms with Gasteiger partial charge in [-0.05, 0) is 81.6 Å². The lowest BCUT2D eigenvalue weighted by atomic mass is 10.1. The number of nitrogens with zero attached hydrogens (tertiary/aromatic N) is 2. The maximum absolute atomic E-state index is 14.2. The Morgan fingerprint density at radius 1 is 0.952 bits per heavy atom. The van der Waals surface area contributed by atoms with Crippen molar-refractivity contribution in [1.82, 2.24) is 10.2 Å². The van der Waals surface area contributed by atoms with Crippen LogP contribution in [0, 0.1) is 13.8 Å². The lowest BCUT2D eigenvalue weighted by Gasteiger charge is -2.33. The zero-order valence-corrected chi connectivity index (χ0v) is 27.0. The van der Waals surface area contributed by atoms with Crippen LogP contribution >= 0.6 is 23.2 Å². The highest BCUT2D eigenvalue weighted by Crippen LogP contribution is 2.34. The first-order valence-electron chi connectivity index (χ1n) is 13.6. The molecule has 3 rings (SSSR count). The second-order valence-corrected chi connectivity index (χ2v) is 13.0. The molecule has 3 aromatic rings. The molecule has 0 aliphatic rings. The summed E-state index contributed by atoms with van der Waals surface area (Å²) in [4.78, 5) is 28.7. The molecule has 1 N–H and O–H groups in total. The second kappa shape index (κ2) is 14.3. The summed E-state index contributed by atoms with van der Waals surface area (Å²) >= 11 is 12.5. The van der Waals surface area contributed by atoms with Crippen molar-refractivity contribution in [3.05, 3.63) is 87.4 Å². The van der Waals surface area contributed by atoms with Gasteiger partial charge in [0.1, 0.15) is 18.3 Å². The molecule has 0 fully saturated rings. The van der Waals surface area contributed by atoms with Gasteiger partial charge in [-0.2, -0.15) is 0 Å². The maximum atomic E-state index is 14.2. The van der Waals surface area contributed by atoms with Crippen LogP contribution in [0.2, 0.25) is 10.0 Å². The maximum Gasteiger partial charge on any atom is 0.264 e. The van der Waals surface area contributed by atoms with E-state index in [2.05, 4.69) is 5.32 Å². The Bertz CT molecular complexity index is 1530. The zero-order chi connectivity index (χ0) is 31.2. The van der Waals surface area contributed by atoms with Gasteiger partial charge in [0, 0.05) is 22.6 Å². The summed E-state index contributed by atoms with van der Waals surface area (Å²) in [6.45, 7) is 8.44. The van der Waals surface area contributed by atoms with Gasteiger partial charge >= 0.3 is 0 Å². The number of sulfonamides is 1. The molecular formula is C31H37Cl2N3O5S. The molecule has 0 saturated heterocycles. The molecule has 226 valence electrons. The van der Waals surface area contributed by atoms with E-state index in [0.29, 0.717) is 22.0 Å². The molecule has 2 atom stereocenters. The van der Waals surface area contributed by atoms with Gasteiger partial charge in [-0.1, -0.05) is 60.0 Å². The Labute approximate surface area is 258 Å². The summed E-state index contributed by atoms with van der Waals surface area (Å²) in [5.74, 6) is -0.699. The Hall–Kier alpha value is -3.27. The predicted octanol–water partition coefficient (Wildman–Crippen LogP) is 6.15. The first-order valence-corrected chi connectivity index (χ1v) is 15.8. The van der Waals surface area contributed by atoms with Crippen molar-refractivity contribution >= 4 is 50.7 Å². The minimum atomic E-state index is -4.24. The third kappa shape index (κ3) is 7.96. The number of nitrogens with one attached hydrogen (secondary N) is 1. The normalized spacial score (nSPS) is 12.8. The van der Waals surface area contributed by atoms with E-state index in [9.17, 15) is 18.0 Å². The number of anilines is 1. The first-order chi connectivity index (χ1) is 19.8. The Kier molecular flexibility index (Phi) is 11.3. The number of carbonyl (C=O) groups excluding carboxylic acids is 2. The van der Waals surface area contributed by atoms with Crippen molar-refractivity contribution in [2.45, 2.75) is 64.6 Å². The summed E-state index contributed by atoms with van der Waals surface area (Å²) in [5, 5.41) is 3.65. The highest BCUT2D eigenvalue weighted by molar-refractivity contribution is 7.92. The van der Waals surface area contributed by atoms with Crippen molar-refractivity contribution < 1.29 is 22.7 Å². The van der Waals surface area contributed by atoms with Crippen LogP contribution in [0.4, 0.5) is 5.69 Å². The number of amides is 2. The number of methoxy groups -OCH3 is 1. The van der Waals surface area contributed by atoms with Gasteiger partial charge in [-0.3, -0.25) is 13.9 Å². The number of carbonyl (C=O) groups is 2. The Morgan fingerprint density at radius 3 is 2.19 bits per heavy atom. The monoisotopic (exact) mass is 633 g/mol. The predicted molar refractivity (Wildman–Crippen MR) is 168 cm³/mol. The van der Waals surface area contributed by atoms with Crippen LogP contribution < -0.4 is 14.4 Å². The highest BCUT2D eigenvalue weighted by Gasteiger charge is 2.34. The second-order valence-electron chi connectivity index (χ2n) is 10.3. The average molecular weight is 635 g/mol. The van der Waals surface area contributed by atoms with Crippen molar-refractivity contribution in [1.29, 1.82) is 0 Å². The smallest absolute Gasteiger partial charge is 0.264 e. The van der Waals surface area contributed by atoms with Crippen LogP contribution in [0.15, 0.2) is 65.6 Å². The van der Waals surface area contributed by atoms with Crippen LogP contribution in [0.1, 0.15) is 43.9 Å². The number of ether oxygens (including phenoxy) is 1. The molecule has 3 aromatic carbocycles. The summed E-state index contributed by atoms with van der Waals surface area (Å²) in [6.07, 6.45) is 0.700. The average Bonchev–Trinajstić information content (AvgIpc) is 2.95. The SMILES string of the molecule is CC[C@H](C)NC(=O)[C@@H](C)N(Cc1ccc(Cl)cc1Cl)C(=O)CN(c1cc(C)ccc1OC)S(=O)(=O)c1ccc(C)cc1. The van der Waals surface area contributed by atoms with Gasteiger partial charge in [0.2, 0.25) is 11.8 Å². The van der Waals surface area contributed by atoms with Crippen LogP contribution in [-0.4, -0.2) is 50.9 Å². The number of benzene rings is 3. The molecule has 0 bridgehead atoms. The van der Waals surface area contributed by atoms with E-state index < -0.39 is 28.5 Å². The quantitative estimate of drug-likeness (QED) is 0.258. The summed E-state index contributed by atoms with van der Waals surface area (Å²) < 4.78 is 34.8. The van der Waals surface area contributed by atoms with Crippen molar-refractivity contribution in [2.24, 2.45) is 0 Å². The lowest BCUT2D eigenvalue weighted by Crippen LogP contribution is -2.52. The molecule has 0 unspecified atom stereocenters. The van der Waals surface area contributed by atoms with Crippen molar-refractivity contribution in [2.75, 3.05) is 18.0 Å². The molecule has 0 aromatic heterocycles. The first kappa shape index (κ1) is 33.2. The fraction of sp³-hybridized carbons (Fsp3) is 0.355. The van der Waals surface area contributed by atoms with Crippen LogP contribution in [-0.2, 0) is 26.2 Å². The van der Waals surface area contributed by atoms with Gasteiger partial charge in [0.15, 0.2) is 0 Å². The lowest BCUT2D eigenvalue weighted by molar-refractivity contribution is -0.139. The number of halogens is 2. The molecule has 0 aliphatic heterocycles. The summed E-state index contributed by atoms with van der Waals surface area (Å²) in [7, 11) is -2.81. The van der Waals surface area contributed by atoms with E-state index in [1.54, 1.807) is 55.5 Å². The molecule has 11 heteroatoms. The number of aryl methyl sites for hydroxylation is 2. The van der Waals surface area contributed by atoms with Gasteiger partial charge in [0.05, 0.1) is 17.7 Å². The zero-order valence-electron chi connectivity index (χ0n) is 24.6. The van der Waals surface area contributed by atoms with E-state index in [1.807, 2.05) is 27.7 Å². The molecule has 42 heavy (non-hydrogen) atoms. The molecule has 0 saturated carbocycles. The van der Waals surface area contributed by atoms with Gasteiger partial charge in [-0.15, -0.1) is 0 Å². The van der Waals surface area contributed by atoms with E-state index in [-0.39, 0.29) is 34.8 Å². The van der Waals surface area contributed by atoms with Crippen LogP contribution in [0.3, 0.4) is 0 Å². The molecule has 8 nitrogen and oxygen atoms in total. The molecule has 0 aliphatic carbocycles. The molecule has 2 amide bonds. The minimum absolute atomic E-state index is 0.0133. The largest absolute Gasteiger partial charge is 0.495 e. The van der Waals surface area contributed by atoms with Crippen molar-refractivity contribution in [3.63, 3.8) is 0 Å². The van der Waals surface area contributed by atoms with Crippen LogP contribution in [0.5, 0.6) is 5.75 Å². The standard InChI is InChI=1S/C31H37Cl2N3O5S/c1-7-22(4)34-31(38)23(5)35(18-24-11-12-25(32)17-27(24)33)30(37)19-36(28-16-21(3)10-15-29(28)41-6)42(39,40)26-13-8-20(2)9-14-26/h8-17,22-23H,7,18-19H2,1-6H3,(H,34,38)/t22-,23+/m0/s1. The minimum Gasteiger partial charge on any atom is -0.495 e. The van der Waals surface area contributed by atoms with Crippen LogP contribution in [0.25, 0.3) is 0 Å². The fourth-order valence-corrected chi connectivity index (χ4v) is 6.11. The number of rotatable bonds is 12. The van der Waals surface area contributed by atoms with Gasteiger partial charge < -0.3 is 15.0 Å². The molecule has 0 heterocycles. The van der Waals surface area contributed by atoms with E-state index in [0.717, 1.165) is 15.4 Å². The van der Waals surface area contributed by atoms with E-state index in [4.69, 9.17) is 27.9 Å². The van der Waals surface area contributed by atoms with Crippen molar-refractivity contribution in [3.8, 4) is 5.75 Å². The molecular weight excluding hydrogens is 597 g/mol. The number of hydrogen-bond acceptors (Lipinski definition) is 5. The van der Waals surface area contributed by atoms with E-state index in [1.165, 1.54) is 24.1 Å². The summed E-state index contributed by atoms with van der Waals surface area (Å²) in [5.41, 5.74) is 2.41. The highest BCUT2D eigenvalue weighted by atomic mass is 35.5. The summed E-state index contributed by atoms with van der Waals surface area (Å²) in [6, 6.07) is 15.3. The fourth-order valence-electron chi connectivity index (χ4n) is 4.23. The van der Waals surface area contributed by atoms with E-state index >= 15 is 0 Å². The van der Waals surface area contributed by atoms with Gasteiger partial charge in [0.25, 0.3) is 10.0 Å². The molecule has 0 radical (unpaired) electrons. The third-order valence-electron chi connectivity index (χ3n) is 7.02. The Morgan fingerprint density at radius 2 is 1.60 bits per heavy atom. The topological polar surface area (TPSA) is 96.0 Å².